The Balaban J connectivity index is 1.41. The summed E-state index contributed by atoms with van der Waals surface area (Å²) in [6, 6.07) is 13.7. The van der Waals surface area contributed by atoms with Crippen LogP contribution in [0.3, 0.4) is 0 Å². The van der Waals surface area contributed by atoms with E-state index in [9.17, 15) is 13.6 Å². The number of anilines is 1. The number of hydrogen-bond donors (Lipinski definition) is 1. The number of hydrogen-bond acceptors (Lipinski definition) is 4. The first-order chi connectivity index (χ1) is 13.5. The van der Waals surface area contributed by atoms with Gasteiger partial charge in [0.1, 0.15) is 5.75 Å². The molecule has 1 aliphatic rings. The van der Waals surface area contributed by atoms with Gasteiger partial charge in [0.05, 0.1) is 6.54 Å². The van der Waals surface area contributed by atoms with Crippen LogP contribution in [0.2, 0.25) is 5.02 Å². The molecule has 3 rings (SSSR count). The lowest BCUT2D eigenvalue weighted by molar-refractivity contribution is -0.117. The number of alkyl halides is 2. The van der Waals surface area contributed by atoms with Gasteiger partial charge in [0, 0.05) is 43.4 Å². The maximum absolute atomic E-state index is 12.2. The summed E-state index contributed by atoms with van der Waals surface area (Å²) in [5.41, 5.74) is 1.73. The van der Waals surface area contributed by atoms with Gasteiger partial charge in [0.2, 0.25) is 5.91 Å². The first-order valence-corrected chi connectivity index (χ1v) is 9.39. The molecule has 1 saturated heterocycles. The molecule has 2 aromatic rings. The van der Waals surface area contributed by atoms with Crippen LogP contribution in [0.5, 0.6) is 5.75 Å². The minimum Gasteiger partial charge on any atom is -0.435 e. The largest absolute Gasteiger partial charge is 0.435 e. The van der Waals surface area contributed by atoms with Crippen LogP contribution in [-0.4, -0.2) is 55.0 Å². The minimum absolute atomic E-state index is 0.0591. The lowest BCUT2D eigenvalue weighted by atomic mass is 10.2. The van der Waals surface area contributed by atoms with Gasteiger partial charge in [-0.25, -0.2) is 0 Å². The van der Waals surface area contributed by atoms with Crippen molar-refractivity contribution in [1.82, 2.24) is 9.80 Å². The highest BCUT2D eigenvalue weighted by atomic mass is 35.5. The minimum atomic E-state index is -2.86. The lowest BCUT2D eigenvalue weighted by Gasteiger charge is -2.34. The van der Waals surface area contributed by atoms with Crippen LogP contribution in [0.4, 0.5) is 14.5 Å². The van der Waals surface area contributed by atoms with E-state index in [1.165, 1.54) is 17.7 Å². The highest BCUT2D eigenvalue weighted by Gasteiger charge is 2.19. The molecule has 1 N–H and O–H groups in total. The molecule has 0 unspecified atom stereocenters. The van der Waals surface area contributed by atoms with Crippen molar-refractivity contribution in [3.05, 3.63) is 59.1 Å². The Hall–Kier alpha value is -2.22. The molecule has 28 heavy (non-hydrogen) atoms. The Morgan fingerprint density at radius 1 is 1.07 bits per heavy atom. The predicted molar refractivity (Wildman–Crippen MR) is 105 cm³/mol. The molecule has 5 nitrogen and oxygen atoms in total. The Kier molecular flexibility index (Phi) is 7.19. The van der Waals surface area contributed by atoms with Gasteiger partial charge < -0.3 is 10.1 Å². The summed E-state index contributed by atoms with van der Waals surface area (Å²) in [6.07, 6.45) is 0. The Morgan fingerprint density at radius 2 is 1.75 bits per heavy atom. The van der Waals surface area contributed by atoms with Gasteiger partial charge in [0.25, 0.3) is 0 Å². The summed E-state index contributed by atoms with van der Waals surface area (Å²) in [4.78, 5) is 16.7. The first kappa shape index (κ1) is 20.5. The fourth-order valence-electron chi connectivity index (χ4n) is 3.12. The van der Waals surface area contributed by atoms with E-state index >= 15 is 0 Å². The number of ether oxygens (including phenoxy) is 1. The van der Waals surface area contributed by atoms with E-state index in [-0.39, 0.29) is 11.7 Å². The summed E-state index contributed by atoms with van der Waals surface area (Å²) in [6.45, 7) is 1.62. The van der Waals surface area contributed by atoms with Crippen molar-refractivity contribution >= 4 is 23.2 Å². The highest BCUT2D eigenvalue weighted by Crippen LogP contribution is 2.18. The number of carbonyl (C=O) groups is 1. The Labute approximate surface area is 167 Å². The van der Waals surface area contributed by atoms with Crippen molar-refractivity contribution in [2.24, 2.45) is 0 Å². The van der Waals surface area contributed by atoms with Crippen molar-refractivity contribution in [2.75, 3.05) is 38.0 Å². The number of rotatable bonds is 7. The number of carbonyl (C=O) groups excluding carboxylic acids is 1. The first-order valence-electron chi connectivity index (χ1n) is 9.02. The second-order valence-electron chi connectivity index (χ2n) is 6.63. The number of amides is 1. The van der Waals surface area contributed by atoms with Gasteiger partial charge in [-0.2, -0.15) is 8.78 Å². The van der Waals surface area contributed by atoms with E-state index in [2.05, 4.69) is 25.9 Å². The number of piperazine rings is 1. The van der Waals surface area contributed by atoms with Crippen LogP contribution in [-0.2, 0) is 11.3 Å². The van der Waals surface area contributed by atoms with Gasteiger partial charge in [-0.3, -0.25) is 14.6 Å². The zero-order valence-corrected chi connectivity index (χ0v) is 16.0. The monoisotopic (exact) mass is 409 g/mol. The van der Waals surface area contributed by atoms with E-state index in [1.54, 1.807) is 12.1 Å². The van der Waals surface area contributed by atoms with E-state index < -0.39 is 6.61 Å². The maximum atomic E-state index is 12.2. The van der Waals surface area contributed by atoms with E-state index in [0.29, 0.717) is 12.2 Å². The van der Waals surface area contributed by atoms with Gasteiger partial charge in [0.15, 0.2) is 0 Å². The standard InChI is InChI=1S/C20H22ClF2N3O2/c21-16-3-1-2-15(12-16)13-25-8-10-26(11-9-25)14-19(27)24-17-4-6-18(7-5-17)28-20(22)23/h1-7,12,20H,8-11,13-14H2,(H,24,27). The third-order valence-electron chi connectivity index (χ3n) is 4.49. The number of nitrogens with zero attached hydrogens (tertiary/aromatic N) is 2. The van der Waals surface area contributed by atoms with Crippen LogP contribution < -0.4 is 10.1 Å². The second-order valence-corrected chi connectivity index (χ2v) is 7.07. The zero-order valence-electron chi connectivity index (χ0n) is 15.3. The third kappa shape index (κ3) is 6.44. The molecular formula is C20H22ClF2N3O2. The number of nitrogens with one attached hydrogen (secondary N) is 1. The van der Waals surface area contributed by atoms with E-state index in [1.807, 2.05) is 18.2 Å². The van der Waals surface area contributed by atoms with Crippen LogP contribution in [0, 0.1) is 0 Å². The molecule has 0 radical (unpaired) electrons. The molecular weight excluding hydrogens is 388 g/mol. The van der Waals surface area contributed by atoms with Crippen LogP contribution in [0.15, 0.2) is 48.5 Å². The van der Waals surface area contributed by atoms with E-state index in [0.717, 1.165) is 37.7 Å². The topological polar surface area (TPSA) is 44.8 Å². The molecule has 1 amide bonds. The summed E-state index contributed by atoms with van der Waals surface area (Å²) < 4.78 is 28.6. The van der Waals surface area contributed by atoms with E-state index in [4.69, 9.17) is 11.6 Å². The Morgan fingerprint density at radius 3 is 2.39 bits per heavy atom. The van der Waals surface area contributed by atoms with Crippen molar-refractivity contribution in [2.45, 2.75) is 13.2 Å². The number of benzene rings is 2. The molecule has 1 heterocycles. The lowest BCUT2D eigenvalue weighted by Crippen LogP contribution is -2.48. The summed E-state index contributed by atoms with van der Waals surface area (Å²) in [7, 11) is 0. The molecule has 150 valence electrons. The van der Waals surface area contributed by atoms with Gasteiger partial charge in [-0.15, -0.1) is 0 Å². The second kappa shape index (κ2) is 9.82. The summed E-state index contributed by atoms with van der Waals surface area (Å²) in [5.74, 6) is -0.0744. The van der Waals surface area contributed by atoms with Crippen molar-refractivity contribution < 1.29 is 18.3 Å². The smallest absolute Gasteiger partial charge is 0.387 e. The average Bonchev–Trinajstić information content (AvgIpc) is 2.64. The summed E-state index contributed by atoms with van der Waals surface area (Å²) >= 11 is 6.03. The van der Waals surface area contributed by atoms with Gasteiger partial charge in [-0.1, -0.05) is 23.7 Å². The maximum Gasteiger partial charge on any atom is 0.387 e. The van der Waals surface area contributed by atoms with Crippen molar-refractivity contribution in [1.29, 1.82) is 0 Å². The van der Waals surface area contributed by atoms with Crippen molar-refractivity contribution in [3.8, 4) is 5.75 Å². The van der Waals surface area contributed by atoms with Crippen LogP contribution >= 0.6 is 11.6 Å². The fraction of sp³-hybridized carbons (Fsp3) is 0.350. The summed E-state index contributed by atoms with van der Waals surface area (Å²) in [5, 5.41) is 3.51. The third-order valence-corrected chi connectivity index (χ3v) is 4.73. The van der Waals surface area contributed by atoms with Crippen LogP contribution in [0.1, 0.15) is 5.56 Å². The molecule has 2 aromatic carbocycles. The fourth-order valence-corrected chi connectivity index (χ4v) is 3.34. The molecule has 0 atom stereocenters. The van der Waals surface area contributed by atoms with Gasteiger partial charge in [-0.05, 0) is 42.0 Å². The molecule has 1 fully saturated rings. The molecule has 0 aromatic heterocycles. The van der Waals surface area contributed by atoms with Crippen LogP contribution in [0.25, 0.3) is 0 Å². The quantitative estimate of drug-likeness (QED) is 0.757. The highest BCUT2D eigenvalue weighted by molar-refractivity contribution is 6.30. The molecule has 1 aliphatic heterocycles. The Bertz CT molecular complexity index is 781. The van der Waals surface area contributed by atoms with Gasteiger partial charge >= 0.3 is 6.61 Å². The molecule has 0 aliphatic carbocycles. The predicted octanol–water partition coefficient (Wildman–Crippen LogP) is 3.70. The molecule has 0 bridgehead atoms. The van der Waals surface area contributed by atoms with Crippen molar-refractivity contribution in [3.63, 3.8) is 0 Å². The average molecular weight is 410 g/mol. The molecule has 0 spiro atoms. The zero-order chi connectivity index (χ0) is 19.9. The molecule has 8 heteroatoms. The number of halogens is 3. The SMILES string of the molecule is O=C(CN1CCN(Cc2cccc(Cl)c2)CC1)Nc1ccc(OC(F)F)cc1. The normalized spacial score (nSPS) is 15.6. The molecule has 0 saturated carbocycles.